The Balaban J connectivity index is 1.70. The first-order valence-corrected chi connectivity index (χ1v) is 9.28. The van der Waals surface area contributed by atoms with Crippen LogP contribution in [-0.4, -0.2) is 12.3 Å². The molecule has 0 unspecified atom stereocenters. The number of para-hydroxylation sites is 1. The minimum atomic E-state index is -0.0231. The van der Waals surface area contributed by atoms with Crippen molar-refractivity contribution in [2.75, 3.05) is 11.4 Å². The molecule has 1 aliphatic heterocycles. The normalized spacial score (nSPS) is 14.1. The van der Waals surface area contributed by atoms with Gasteiger partial charge in [-0.2, -0.15) is 0 Å². The van der Waals surface area contributed by atoms with E-state index < -0.39 is 0 Å². The van der Waals surface area contributed by atoms with Crippen molar-refractivity contribution < 1.29 is 4.79 Å². The first-order valence-electron chi connectivity index (χ1n) is 8.90. The number of anilines is 1. The van der Waals surface area contributed by atoms with E-state index in [1.165, 1.54) is 11.3 Å². The molecule has 1 atom stereocenters. The zero-order valence-electron chi connectivity index (χ0n) is 14.4. The maximum atomic E-state index is 12.9. The van der Waals surface area contributed by atoms with Gasteiger partial charge in [0.1, 0.15) is 0 Å². The van der Waals surface area contributed by atoms with Crippen LogP contribution in [0.4, 0.5) is 5.69 Å². The van der Waals surface area contributed by atoms with Crippen molar-refractivity contribution >= 4 is 23.1 Å². The molecule has 4 rings (SSSR count). The molecule has 0 saturated heterocycles. The van der Waals surface area contributed by atoms with Crippen molar-refractivity contribution in [1.82, 2.24) is 0 Å². The number of halogens is 1. The second kappa shape index (κ2) is 7.35. The minimum Gasteiger partial charge on any atom is -0.363 e. The fourth-order valence-electron chi connectivity index (χ4n) is 3.73. The first kappa shape index (κ1) is 16.9. The van der Waals surface area contributed by atoms with Crippen LogP contribution in [0.5, 0.6) is 0 Å². The smallest absolute Gasteiger partial charge is 0.165 e. The molecule has 0 fully saturated rings. The Kier molecular flexibility index (Phi) is 4.77. The van der Waals surface area contributed by atoms with Crippen LogP contribution >= 0.6 is 11.6 Å². The van der Waals surface area contributed by atoms with Gasteiger partial charge in [-0.1, -0.05) is 72.3 Å². The molecule has 0 saturated carbocycles. The number of nitrogens with zero attached hydrogens (tertiary/aromatic N) is 1. The summed E-state index contributed by atoms with van der Waals surface area (Å²) in [7, 11) is 0. The van der Waals surface area contributed by atoms with E-state index in [1.807, 2.05) is 48.5 Å². The van der Waals surface area contributed by atoms with Crippen molar-refractivity contribution in [2.24, 2.45) is 0 Å². The van der Waals surface area contributed by atoms with Crippen molar-refractivity contribution in [3.8, 4) is 0 Å². The number of carbonyl (C=O) groups is 1. The number of ketones is 1. The second-order valence-corrected chi connectivity index (χ2v) is 7.07. The first-order chi connectivity index (χ1) is 12.7. The molecule has 3 heteroatoms. The highest BCUT2D eigenvalue weighted by Crippen LogP contribution is 2.37. The lowest BCUT2D eigenvalue weighted by Gasteiger charge is -2.30. The third-order valence-corrected chi connectivity index (χ3v) is 5.24. The zero-order valence-corrected chi connectivity index (χ0v) is 15.2. The standard InChI is InChI=1S/C23H20ClNO/c24-20-11-6-10-19(15-20)22(16-23(26)18-8-2-1-3-9-18)25-14-13-17-7-4-5-12-21(17)25/h1-12,15,22H,13-14,16H2/t22-/m1/s1. The number of Topliss-reactive ketones (excluding diaryl/α,β-unsaturated/α-hetero) is 1. The summed E-state index contributed by atoms with van der Waals surface area (Å²) in [5, 5.41) is 0.701. The molecule has 26 heavy (non-hydrogen) atoms. The van der Waals surface area contributed by atoms with Gasteiger partial charge in [0.2, 0.25) is 0 Å². The zero-order chi connectivity index (χ0) is 17.9. The topological polar surface area (TPSA) is 20.3 Å². The maximum absolute atomic E-state index is 12.9. The Bertz CT molecular complexity index is 922. The van der Waals surface area contributed by atoms with Crippen LogP contribution in [0.25, 0.3) is 0 Å². The largest absolute Gasteiger partial charge is 0.363 e. The Morgan fingerprint density at radius 2 is 1.73 bits per heavy atom. The van der Waals surface area contributed by atoms with Gasteiger partial charge in [-0.15, -0.1) is 0 Å². The average Bonchev–Trinajstić information content (AvgIpc) is 3.10. The number of carbonyl (C=O) groups excluding carboxylic acids is 1. The van der Waals surface area contributed by atoms with Crippen LogP contribution in [0.15, 0.2) is 78.9 Å². The average molecular weight is 362 g/mol. The molecule has 3 aromatic carbocycles. The lowest BCUT2D eigenvalue weighted by Crippen LogP contribution is -2.29. The predicted octanol–water partition coefficient (Wildman–Crippen LogP) is 5.72. The number of rotatable bonds is 5. The second-order valence-electron chi connectivity index (χ2n) is 6.64. The molecule has 0 aliphatic carbocycles. The number of hydrogen-bond donors (Lipinski definition) is 0. The van der Waals surface area contributed by atoms with E-state index in [0.29, 0.717) is 11.4 Å². The van der Waals surface area contributed by atoms with Gasteiger partial charge in [0, 0.05) is 29.2 Å². The minimum absolute atomic E-state index is 0.0231. The van der Waals surface area contributed by atoms with Gasteiger partial charge in [-0.25, -0.2) is 0 Å². The molecular weight excluding hydrogens is 342 g/mol. The van der Waals surface area contributed by atoms with Crippen molar-refractivity contribution in [1.29, 1.82) is 0 Å². The molecule has 0 radical (unpaired) electrons. The van der Waals surface area contributed by atoms with E-state index in [1.54, 1.807) is 0 Å². The number of fused-ring (bicyclic) bond motifs is 1. The summed E-state index contributed by atoms with van der Waals surface area (Å²) < 4.78 is 0. The van der Waals surface area contributed by atoms with E-state index in [2.05, 4.69) is 35.2 Å². The highest BCUT2D eigenvalue weighted by molar-refractivity contribution is 6.30. The summed E-state index contributed by atoms with van der Waals surface area (Å²) in [6.45, 7) is 0.915. The highest BCUT2D eigenvalue weighted by Gasteiger charge is 2.29. The van der Waals surface area contributed by atoms with Gasteiger partial charge >= 0.3 is 0 Å². The van der Waals surface area contributed by atoms with Gasteiger partial charge in [-0.3, -0.25) is 4.79 Å². The third kappa shape index (κ3) is 3.38. The van der Waals surface area contributed by atoms with Crippen LogP contribution in [-0.2, 0) is 6.42 Å². The van der Waals surface area contributed by atoms with Crippen molar-refractivity contribution in [2.45, 2.75) is 18.9 Å². The lowest BCUT2D eigenvalue weighted by molar-refractivity contribution is 0.0973. The number of hydrogen-bond acceptors (Lipinski definition) is 2. The van der Waals surface area contributed by atoms with Crippen molar-refractivity contribution in [3.63, 3.8) is 0 Å². The molecule has 1 aliphatic rings. The Morgan fingerprint density at radius 3 is 2.54 bits per heavy atom. The van der Waals surface area contributed by atoms with E-state index in [4.69, 9.17) is 11.6 Å². The maximum Gasteiger partial charge on any atom is 0.165 e. The molecule has 2 nitrogen and oxygen atoms in total. The molecule has 0 N–H and O–H groups in total. The van der Waals surface area contributed by atoms with Crippen LogP contribution in [0.1, 0.15) is 33.9 Å². The fourth-order valence-corrected chi connectivity index (χ4v) is 3.93. The summed E-state index contributed by atoms with van der Waals surface area (Å²) in [5.41, 5.74) is 4.40. The third-order valence-electron chi connectivity index (χ3n) is 5.01. The van der Waals surface area contributed by atoms with Gasteiger partial charge in [0.15, 0.2) is 5.78 Å². The monoisotopic (exact) mass is 361 g/mol. The van der Waals surface area contributed by atoms with Crippen LogP contribution in [0.3, 0.4) is 0 Å². The molecule has 0 amide bonds. The van der Waals surface area contributed by atoms with Crippen LogP contribution in [0, 0.1) is 0 Å². The molecular formula is C23H20ClNO. The van der Waals surface area contributed by atoms with E-state index in [9.17, 15) is 4.79 Å². The molecule has 1 heterocycles. The predicted molar refractivity (Wildman–Crippen MR) is 107 cm³/mol. The molecule has 0 bridgehead atoms. The van der Waals surface area contributed by atoms with Gasteiger partial charge in [-0.05, 0) is 35.7 Å². The SMILES string of the molecule is O=C(C[C@H](c1cccc(Cl)c1)N1CCc2ccccc21)c1ccccc1. The molecule has 130 valence electrons. The van der Waals surface area contributed by atoms with Crippen LogP contribution < -0.4 is 4.90 Å². The van der Waals surface area contributed by atoms with E-state index in [0.717, 1.165) is 24.1 Å². The molecule has 3 aromatic rings. The summed E-state index contributed by atoms with van der Waals surface area (Å²) in [5.74, 6) is 0.153. The van der Waals surface area contributed by atoms with Crippen molar-refractivity contribution in [3.05, 3.63) is 101 Å². The molecule has 0 aromatic heterocycles. The van der Waals surface area contributed by atoms with E-state index >= 15 is 0 Å². The Labute approximate surface area is 159 Å². The summed E-state index contributed by atoms with van der Waals surface area (Å²) >= 11 is 6.25. The van der Waals surface area contributed by atoms with Gasteiger partial charge in [0.25, 0.3) is 0 Å². The van der Waals surface area contributed by atoms with Gasteiger partial charge in [0.05, 0.1) is 6.04 Å². The molecule has 0 spiro atoms. The fraction of sp³-hybridized carbons (Fsp3) is 0.174. The summed E-state index contributed by atoms with van der Waals surface area (Å²) in [6, 6.07) is 25.8. The van der Waals surface area contributed by atoms with Crippen LogP contribution in [0.2, 0.25) is 5.02 Å². The summed E-state index contributed by atoms with van der Waals surface area (Å²) in [6.07, 6.45) is 1.44. The lowest BCUT2D eigenvalue weighted by atomic mass is 9.96. The number of benzene rings is 3. The Morgan fingerprint density at radius 1 is 0.962 bits per heavy atom. The van der Waals surface area contributed by atoms with Gasteiger partial charge < -0.3 is 4.90 Å². The van der Waals surface area contributed by atoms with E-state index in [-0.39, 0.29) is 11.8 Å². The quantitative estimate of drug-likeness (QED) is 0.542. The summed E-state index contributed by atoms with van der Waals surface area (Å²) in [4.78, 5) is 15.3. The highest BCUT2D eigenvalue weighted by atomic mass is 35.5. The Hall–Kier alpha value is -2.58.